The molecule has 0 unspecified atom stereocenters. The van der Waals surface area contributed by atoms with Crippen LogP contribution in [0.25, 0.3) is 0 Å². The Labute approximate surface area is 206 Å². The standard InChI is InChI=1S/C28H32N2O5/c1-33-23-16-14-20(15-17-23)26(27(31)29-22-10-4-3-5-11-22)30(28(32)25-13-8-18-35-25)19-21-9-6-7-12-24(21)34-2/h6-9,12-18,22,26H,3-5,10-11,19H2,1-2H3,(H,29,31)/t26-/m0/s1. The lowest BCUT2D eigenvalue weighted by molar-refractivity contribution is -0.127. The first kappa shape index (κ1) is 24.4. The molecule has 2 aromatic carbocycles. The fraction of sp³-hybridized carbons (Fsp3) is 0.357. The molecule has 3 aromatic rings. The molecule has 35 heavy (non-hydrogen) atoms. The Morgan fingerprint density at radius 2 is 1.71 bits per heavy atom. The summed E-state index contributed by atoms with van der Waals surface area (Å²) in [5.41, 5.74) is 1.48. The molecule has 1 N–H and O–H groups in total. The van der Waals surface area contributed by atoms with Gasteiger partial charge in [0.05, 0.1) is 27.0 Å². The molecule has 1 fully saturated rings. The molecule has 2 amide bonds. The summed E-state index contributed by atoms with van der Waals surface area (Å²) in [6, 6.07) is 17.3. The van der Waals surface area contributed by atoms with Gasteiger partial charge in [-0.3, -0.25) is 9.59 Å². The number of methoxy groups -OCH3 is 2. The summed E-state index contributed by atoms with van der Waals surface area (Å²) < 4.78 is 16.3. The Bertz CT molecular complexity index is 1100. The van der Waals surface area contributed by atoms with E-state index in [1.54, 1.807) is 43.4 Å². The number of hydrogen-bond acceptors (Lipinski definition) is 5. The number of furan rings is 1. The van der Waals surface area contributed by atoms with Gasteiger partial charge < -0.3 is 24.1 Å². The van der Waals surface area contributed by atoms with Crippen LogP contribution in [0.1, 0.15) is 59.8 Å². The zero-order valence-electron chi connectivity index (χ0n) is 20.2. The highest BCUT2D eigenvalue weighted by Crippen LogP contribution is 2.30. The number of para-hydroxylation sites is 1. The molecule has 1 atom stereocenters. The third-order valence-corrected chi connectivity index (χ3v) is 6.47. The van der Waals surface area contributed by atoms with Crippen molar-refractivity contribution >= 4 is 11.8 Å². The van der Waals surface area contributed by atoms with Gasteiger partial charge in [0.15, 0.2) is 5.76 Å². The van der Waals surface area contributed by atoms with E-state index in [1.807, 2.05) is 36.4 Å². The van der Waals surface area contributed by atoms with Crippen LogP contribution in [0, 0.1) is 0 Å². The van der Waals surface area contributed by atoms with Crippen LogP contribution in [0.2, 0.25) is 0 Å². The van der Waals surface area contributed by atoms with Gasteiger partial charge in [-0.15, -0.1) is 0 Å². The smallest absolute Gasteiger partial charge is 0.290 e. The van der Waals surface area contributed by atoms with E-state index < -0.39 is 6.04 Å². The topological polar surface area (TPSA) is 81.0 Å². The summed E-state index contributed by atoms with van der Waals surface area (Å²) in [4.78, 5) is 29.1. The van der Waals surface area contributed by atoms with Crippen LogP contribution in [-0.2, 0) is 11.3 Å². The van der Waals surface area contributed by atoms with Gasteiger partial charge in [-0.2, -0.15) is 0 Å². The van der Waals surface area contributed by atoms with Crippen molar-refractivity contribution in [2.45, 2.75) is 50.7 Å². The van der Waals surface area contributed by atoms with Crippen molar-refractivity contribution in [2.24, 2.45) is 0 Å². The number of ether oxygens (including phenoxy) is 2. The average molecular weight is 477 g/mol. The lowest BCUT2D eigenvalue weighted by atomic mass is 9.94. The van der Waals surface area contributed by atoms with Gasteiger partial charge in [0, 0.05) is 11.6 Å². The van der Waals surface area contributed by atoms with E-state index in [0.29, 0.717) is 17.1 Å². The van der Waals surface area contributed by atoms with Crippen LogP contribution >= 0.6 is 0 Å². The highest BCUT2D eigenvalue weighted by Gasteiger charge is 2.35. The normalized spacial score (nSPS) is 14.7. The summed E-state index contributed by atoms with van der Waals surface area (Å²) in [6.45, 7) is 0.165. The predicted octanol–water partition coefficient (Wildman–Crippen LogP) is 5.13. The minimum Gasteiger partial charge on any atom is -0.497 e. The second-order valence-corrected chi connectivity index (χ2v) is 8.74. The Hall–Kier alpha value is -3.74. The number of carbonyl (C=O) groups excluding carboxylic acids is 2. The third-order valence-electron chi connectivity index (χ3n) is 6.47. The Morgan fingerprint density at radius 1 is 0.971 bits per heavy atom. The predicted molar refractivity (Wildman–Crippen MR) is 132 cm³/mol. The Kier molecular flexibility index (Phi) is 8.08. The molecule has 7 nitrogen and oxygen atoms in total. The van der Waals surface area contributed by atoms with Crippen LogP contribution in [0.5, 0.6) is 11.5 Å². The van der Waals surface area contributed by atoms with Crippen molar-refractivity contribution < 1.29 is 23.5 Å². The molecule has 184 valence electrons. The van der Waals surface area contributed by atoms with Gasteiger partial charge in [-0.05, 0) is 48.7 Å². The fourth-order valence-electron chi connectivity index (χ4n) is 4.63. The maximum absolute atomic E-state index is 13.8. The molecule has 1 saturated carbocycles. The molecule has 0 radical (unpaired) electrons. The molecule has 1 aliphatic carbocycles. The number of amides is 2. The zero-order chi connectivity index (χ0) is 24.6. The average Bonchev–Trinajstić information content (AvgIpc) is 3.44. The van der Waals surface area contributed by atoms with Crippen LogP contribution < -0.4 is 14.8 Å². The highest BCUT2D eigenvalue weighted by atomic mass is 16.5. The SMILES string of the molecule is COc1ccc([C@@H](C(=O)NC2CCCCC2)N(Cc2ccccc2OC)C(=O)c2ccco2)cc1. The quantitative estimate of drug-likeness (QED) is 0.463. The summed E-state index contributed by atoms with van der Waals surface area (Å²) in [5.74, 6) is 0.904. The number of carbonyl (C=O) groups is 2. The number of benzene rings is 2. The minimum atomic E-state index is -0.870. The van der Waals surface area contributed by atoms with Crippen LogP contribution in [0.4, 0.5) is 0 Å². The molecule has 0 spiro atoms. The first-order valence-corrected chi connectivity index (χ1v) is 12.0. The molecule has 1 heterocycles. The maximum Gasteiger partial charge on any atom is 0.290 e. The number of hydrogen-bond donors (Lipinski definition) is 1. The van der Waals surface area contributed by atoms with Crippen molar-refractivity contribution in [2.75, 3.05) is 14.2 Å². The van der Waals surface area contributed by atoms with Gasteiger partial charge in [-0.25, -0.2) is 0 Å². The fourth-order valence-corrected chi connectivity index (χ4v) is 4.63. The second kappa shape index (κ2) is 11.6. The van der Waals surface area contributed by atoms with E-state index in [1.165, 1.54) is 12.7 Å². The summed E-state index contributed by atoms with van der Waals surface area (Å²) in [7, 11) is 3.19. The molecule has 4 rings (SSSR count). The molecule has 0 saturated heterocycles. The number of rotatable bonds is 9. The first-order chi connectivity index (χ1) is 17.1. The first-order valence-electron chi connectivity index (χ1n) is 12.0. The van der Waals surface area contributed by atoms with E-state index in [-0.39, 0.29) is 30.2 Å². The van der Waals surface area contributed by atoms with Gasteiger partial charge in [0.25, 0.3) is 5.91 Å². The van der Waals surface area contributed by atoms with Gasteiger partial charge in [0.1, 0.15) is 17.5 Å². The molecule has 1 aromatic heterocycles. The molecular weight excluding hydrogens is 444 g/mol. The summed E-state index contributed by atoms with van der Waals surface area (Å²) in [5, 5.41) is 3.22. The van der Waals surface area contributed by atoms with Crippen molar-refractivity contribution in [3.63, 3.8) is 0 Å². The summed E-state index contributed by atoms with van der Waals surface area (Å²) >= 11 is 0. The number of nitrogens with zero attached hydrogens (tertiary/aromatic N) is 1. The molecule has 0 bridgehead atoms. The van der Waals surface area contributed by atoms with Gasteiger partial charge >= 0.3 is 0 Å². The van der Waals surface area contributed by atoms with E-state index in [9.17, 15) is 9.59 Å². The highest BCUT2D eigenvalue weighted by molar-refractivity contribution is 5.96. The Balaban J connectivity index is 1.75. The van der Waals surface area contributed by atoms with Crippen molar-refractivity contribution in [1.82, 2.24) is 10.2 Å². The Morgan fingerprint density at radius 3 is 2.37 bits per heavy atom. The van der Waals surface area contributed by atoms with Crippen LogP contribution in [0.3, 0.4) is 0 Å². The summed E-state index contributed by atoms with van der Waals surface area (Å²) in [6.07, 6.45) is 6.71. The minimum absolute atomic E-state index is 0.101. The molecular formula is C28H32N2O5. The van der Waals surface area contributed by atoms with Gasteiger partial charge in [0.2, 0.25) is 5.91 Å². The lowest BCUT2D eigenvalue weighted by Gasteiger charge is -2.33. The zero-order valence-corrected chi connectivity index (χ0v) is 20.2. The molecule has 1 aliphatic rings. The number of nitrogens with one attached hydrogen (secondary N) is 1. The van der Waals surface area contributed by atoms with Crippen LogP contribution in [0.15, 0.2) is 71.3 Å². The van der Waals surface area contributed by atoms with Crippen molar-refractivity contribution in [3.05, 3.63) is 83.8 Å². The van der Waals surface area contributed by atoms with E-state index in [0.717, 1.165) is 31.2 Å². The van der Waals surface area contributed by atoms with Crippen molar-refractivity contribution in [1.29, 1.82) is 0 Å². The largest absolute Gasteiger partial charge is 0.497 e. The maximum atomic E-state index is 13.8. The van der Waals surface area contributed by atoms with Crippen molar-refractivity contribution in [3.8, 4) is 11.5 Å². The van der Waals surface area contributed by atoms with E-state index in [4.69, 9.17) is 13.9 Å². The lowest BCUT2D eigenvalue weighted by Crippen LogP contribution is -2.46. The third kappa shape index (κ3) is 5.85. The second-order valence-electron chi connectivity index (χ2n) is 8.74. The monoisotopic (exact) mass is 476 g/mol. The van der Waals surface area contributed by atoms with Crippen LogP contribution in [-0.4, -0.2) is 37.0 Å². The molecule has 0 aliphatic heterocycles. The van der Waals surface area contributed by atoms with E-state index >= 15 is 0 Å². The van der Waals surface area contributed by atoms with Gasteiger partial charge in [-0.1, -0.05) is 49.6 Å². The van der Waals surface area contributed by atoms with E-state index in [2.05, 4.69) is 5.32 Å². The molecule has 7 heteroatoms.